The summed E-state index contributed by atoms with van der Waals surface area (Å²) in [5.74, 6) is -3.02. The number of ketones is 2. The summed E-state index contributed by atoms with van der Waals surface area (Å²) >= 11 is 0. The zero-order valence-corrected chi connectivity index (χ0v) is 50.6. The number of esters is 4. The van der Waals surface area contributed by atoms with Gasteiger partial charge in [-0.25, -0.2) is 19.2 Å². The third-order valence-electron chi connectivity index (χ3n) is 11.9. The highest BCUT2D eigenvalue weighted by Crippen LogP contribution is 2.18. The third kappa shape index (κ3) is 34.6. The number of aliphatic hydroxyl groups excluding tert-OH is 2. The maximum Gasteiger partial charge on any atom is 0.344 e. The van der Waals surface area contributed by atoms with E-state index in [1.54, 1.807) is 86.0 Å². The Kier molecular flexibility index (Phi) is 39.5. The predicted molar refractivity (Wildman–Crippen MR) is 314 cm³/mol. The number of carbonyl (C=O) groups excluding carboxylic acids is 6. The molecular weight excluding hydrogens is 1170 g/mol. The fraction of sp³-hybridized carbons (Fsp3) is 0.524. The zero-order valence-electron chi connectivity index (χ0n) is 50.6. The summed E-state index contributed by atoms with van der Waals surface area (Å²) in [6, 6.07) is 29.9. The van der Waals surface area contributed by atoms with Crippen LogP contribution in [0.2, 0.25) is 0 Å². The van der Waals surface area contributed by atoms with Crippen molar-refractivity contribution in [2.24, 2.45) is 0 Å². The Morgan fingerprint density at radius 3 is 1.25 bits per heavy atom. The second kappa shape index (κ2) is 47.1. The van der Waals surface area contributed by atoms with E-state index in [2.05, 4.69) is 0 Å². The van der Waals surface area contributed by atoms with Gasteiger partial charge in [-0.05, 0) is 55.0 Å². The predicted octanol–water partition coefficient (Wildman–Crippen LogP) is 3.09. The third-order valence-corrected chi connectivity index (χ3v) is 11.9. The van der Waals surface area contributed by atoms with Gasteiger partial charge in [0, 0.05) is 56.8 Å². The molecule has 4 aromatic rings. The van der Waals surface area contributed by atoms with Crippen LogP contribution >= 0.6 is 0 Å². The van der Waals surface area contributed by atoms with Crippen LogP contribution in [-0.4, -0.2) is 256 Å². The molecular formula is C63H84O26. The lowest BCUT2D eigenvalue weighted by Gasteiger charge is -2.24. The van der Waals surface area contributed by atoms with E-state index in [-0.39, 0.29) is 76.8 Å². The van der Waals surface area contributed by atoms with Crippen molar-refractivity contribution in [3.8, 4) is 11.5 Å². The van der Waals surface area contributed by atoms with Crippen molar-refractivity contribution in [2.45, 2.75) is 36.9 Å². The molecule has 89 heavy (non-hydrogen) atoms. The van der Waals surface area contributed by atoms with E-state index < -0.39 is 114 Å². The molecule has 26 heteroatoms. The number of carbonyl (C=O) groups is 6. The standard InChI is InChI=1S/C63H84O26/c1-72-23-10-24-77-33-51(64)34-80-37-55(83-41-57(89-61(69)44-79-32-30-76-28-26-74-3)42-88-60(68)46-85-54-21-17-50(18-22-54)63(71)48-13-8-5-9-14-48)38-81-39-56(40-87-58(66)43-78-31-29-75-27-25-73-2)82-35-52(65)36-86-59(67)45-84-53-19-15-49(16-20-53)62(70)47-11-6-4-7-12-47/h4-9,11-22,51-52,55-57,64-65H,10,23-46H2,1-3H3. The molecule has 0 bridgehead atoms. The first-order valence-corrected chi connectivity index (χ1v) is 28.8. The van der Waals surface area contributed by atoms with E-state index in [4.69, 9.17) is 85.3 Å². The van der Waals surface area contributed by atoms with Crippen molar-refractivity contribution < 1.29 is 124 Å². The van der Waals surface area contributed by atoms with Crippen LogP contribution in [0.3, 0.4) is 0 Å². The number of aliphatic hydroxyl groups is 2. The second-order valence-corrected chi connectivity index (χ2v) is 19.2. The molecule has 5 unspecified atom stereocenters. The van der Waals surface area contributed by atoms with Crippen molar-refractivity contribution in [1.82, 2.24) is 0 Å². The van der Waals surface area contributed by atoms with Gasteiger partial charge in [0.25, 0.3) is 0 Å². The fourth-order valence-corrected chi connectivity index (χ4v) is 7.33. The van der Waals surface area contributed by atoms with Gasteiger partial charge < -0.3 is 95.5 Å². The molecule has 26 nitrogen and oxygen atoms in total. The van der Waals surface area contributed by atoms with Crippen LogP contribution in [0.15, 0.2) is 109 Å². The first-order valence-electron chi connectivity index (χ1n) is 28.8. The van der Waals surface area contributed by atoms with Crippen LogP contribution in [-0.2, 0) is 95.0 Å². The second-order valence-electron chi connectivity index (χ2n) is 19.2. The Balaban J connectivity index is 1.39. The summed E-state index contributed by atoms with van der Waals surface area (Å²) in [5, 5.41) is 21.4. The van der Waals surface area contributed by atoms with E-state index in [9.17, 15) is 39.0 Å². The molecule has 492 valence electrons. The molecule has 0 aliphatic carbocycles. The number of methoxy groups -OCH3 is 3. The van der Waals surface area contributed by atoms with E-state index in [1.807, 2.05) is 6.07 Å². The molecule has 0 fully saturated rings. The molecule has 0 amide bonds. The molecule has 0 spiro atoms. The molecule has 4 rings (SSSR count). The van der Waals surface area contributed by atoms with Gasteiger partial charge in [-0.3, -0.25) is 9.59 Å². The quantitative estimate of drug-likeness (QED) is 0.0278. The van der Waals surface area contributed by atoms with Gasteiger partial charge in [0.2, 0.25) is 0 Å². The van der Waals surface area contributed by atoms with Crippen LogP contribution < -0.4 is 9.47 Å². The smallest absolute Gasteiger partial charge is 0.344 e. The first kappa shape index (κ1) is 74.6. The van der Waals surface area contributed by atoms with E-state index >= 15 is 0 Å². The number of ether oxygens (including phenoxy) is 18. The maximum absolute atomic E-state index is 13.1. The van der Waals surface area contributed by atoms with Crippen molar-refractivity contribution in [2.75, 3.05) is 180 Å². The molecule has 0 aliphatic heterocycles. The Morgan fingerprint density at radius 2 is 0.730 bits per heavy atom. The van der Waals surface area contributed by atoms with Crippen molar-refractivity contribution in [1.29, 1.82) is 0 Å². The topological polar surface area (TPSA) is 309 Å². The molecule has 5 atom stereocenters. The molecule has 0 aromatic heterocycles. The lowest BCUT2D eigenvalue weighted by Crippen LogP contribution is -2.37. The van der Waals surface area contributed by atoms with E-state index in [0.717, 1.165) is 0 Å². The summed E-state index contributed by atoms with van der Waals surface area (Å²) in [4.78, 5) is 77.2. The summed E-state index contributed by atoms with van der Waals surface area (Å²) in [6.07, 6.45) is -5.06. The molecule has 0 radical (unpaired) electrons. The number of hydrogen-bond acceptors (Lipinski definition) is 26. The summed E-state index contributed by atoms with van der Waals surface area (Å²) in [5.41, 5.74) is 1.86. The van der Waals surface area contributed by atoms with Gasteiger partial charge in [0.1, 0.15) is 68.9 Å². The Morgan fingerprint density at radius 1 is 0.337 bits per heavy atom. The lowest BCUT2D eigenvalue weighted by atomic mass is 10.0. The van der Waals surface area contributed by atoms with Gasteiger partial charge in [0.15, 0.2) is 30.9 Å². The largest absolute Gasteiger partial charge is 0.482 e. The monoisotopic (exact) mass is 1260 g/mol. The minimum absolute atomic E-state index is 0.0441. The molecule has 0 aliphatic rings. The molecule has 2 N–H and O–H groups in total. The minimum atomic E-state index is -1.37. The number of benzene rings is 4. The highest BCUT2D eigenvalue weighted by Gasteiger charge is 2.24. The molecule has 0 saturated heterocycles. The maximum atomic E-state index is 13.1. The number of rotatable bonds is 53. The van der Waals surface area contributed by atoms with E-state index in [1.165, 1.54) is 38.5 Å². The summed E-state index contributed by atoms with van der Waals surface area (Å²) in [7, 11) is 4.63. The van der Waals surface area contributed by atoms with Gasteiger partial charge in [-0.15, -0.1) is 0 Å². The summed E-state index contributed by atoms with van der Waals surface area (Å²) < 4.78 is 98.7. The highest BCUT2D eigenvalue weighted by molar-refractivity contribution is 6.09. The van der Waals surface area contributed by atoms with Crippen molar-refractivity contribution >= 4 is 35.4 Å². The van der Waals surface area contributed by atoms with Crippen LogP contribution in [0.5, 0.6) is 11.5 Å². The highest BCUT2D eigenvalue weighted by atomic mass is 16.6. The van der Waals surface area contributed by atoms with Crippen LogP contribution in [0.4, 0.5) is 0 Å². The molecule has 0 saturated carbocycles. The zero-order chi connectivity index (χ0) is 63.9. The average Bonchev–Trinajstić information content (AvgIpc) is 3.68. The Bertz CT molecular complexity index is 2540. The van der Waals surface area contributed by atoms with Crippen LogP contribution in [0, 0.1) is 0 Å². The van der Waals surface area contributed by atoms with Crippen LogP contribution in [0.25, 0.3) is 0 Å². The normalized spacial score (nSPS) is 12.9. The molecule has 0 heterocycles. The van der Waals surface area contributed by atoms with E-state index in [0.29, 0.717) is 74.1 Å². The van der Waals surface area contributed by atoms with Crippen molar-refractivity contribution in [3.05, 3.63) is 131 Å². The van der Waals surface area contributed by atoms with Crippen LogP contribution in [0.1, 0.15) is 38.3 Å². The minimum Gasteiger partial charge on any atom is -0.482 e. The lowest BCUT2D eigenvalue weighted by molar-refractivity contribution is -0.172. The fourth-order valence-electron chi connectivity index (χ4n) is 7.33. The number of hydrogen-bond donors (Lipinski definition) is 2. The SMILES string of the molecule is COCCCOCC(O)COCC(COCC(COC(=O)COCCOCCOC)OCC(O)COC(=O)COc1ccc(C(=O)c2ccccc2)cc1)OCC(COC(=O)COc1ccc(C(=O)c2ccccc2)cc1)OC(=O)COCCOCCOC. The van der Waals surface area contributed by atoms with Gasteiger partial charge in [-0.1, -0.05) is 60.7 Å². The Hall–Kier alpha value is -6.86. The first-order chi connectivity index (χ1) is 43.4. The molecule has 4 aromatic carbocycles. The average molecular weight is 1260 g/mol. The van der Waals surface area contributed by atoms with Crippen molar-refractivity contribution in [3.63, 3.8) is 0 Å². The Labute approximate surface area is 517 Å². The van der Waals surface area contributed by atoms with Gasteiger partial charge in [0.05, 0.1) is 99.1 Å². The van der Waals surface area contributed by atoms with Gasteiger partial charge >= 0.3 is 23.9 Å². The van der Waals surface area contributed by atoms with Gasteiger partial charge in [-0.2, -0.15) is 0 Å². The summed E-state index contributed by atoms with van der Waals surface area (Å²) in [6.45, 7) is -2.47.